The van der Waals surface area contributed by atoms with Crippen LogP contribution in [-0.4, -0.2) is 4.57 Å². The molecule has 106 valence electrons. The fourth-order valence-electron chi connectivity index (χ4n) is 3.22. The van der Waals surface area contributed by atoms with Gasteiger partial charge in [0.2, 0.25) is 0 Å². The molecule has 0 saturated heterocycles. The van der Waals surface area contributed by atoms with Crippen molar-refractivity contribution in [2.24, 2.45) is 0 Å². The van der Waals surface area contributed by atoms with Crippen LogP contribution in [0, 0.1) is 0 Å². The van der Waals surface area contributed by atoms with Crippen LogP contribution in [0.5, 0.6) is 0 Å². The molecule has 0 amide bonds. The van der Waals surface area contributed by atoms with Crippen LogP contribution in [0.3, 0.4) is 0 Å². The number of aromatic nitrogens is 1. The number of benzene rings is 3. The Hall–Kier alpha value is -2.80. The molecule has 0 atom stereocenters. The normalized spacial score (nSPS) is 11.1. The molecule has 1 heterocycles. The number of fused-ring (bicyclic) bond motifs is 3. The van der Waals surface area contributed by atoms with Gasteiger partial charge in [0.15, 0.2) is 0 Å². The Labute approximate surface area is 130 Å². The lowest BCUT2D eigenvalue weighted by atomic mass is 10.1. The molecule has 0 N–H and O–H groups in total. The summed E-state index contributed by atoms with van der Waals surface area (Å²) >= 11 is 0. The Morgan fingerprint density at radius 3 is 1.91 bits per heavy atom. The van der Waals surface area contributed by atoms with Gasteiger partial charge in [0.25, 0.3) is 0 Å². The monoisotopic (exact) mass is 283 g/mol. The topological polar surface area (TPSA) is 4.93 Å². The van der Waals surface area contributed by atoms with E-state index in [9.17, 15) is 0 Å². The Morgan fingerprint density at radius 2 is 1.27 bits per heavy atom. The lowest BCUT2D eigenvalue weighted by Crippen LogP contribution is -2.00. The maximum absolute atomic E-state index is 3.94. The minimum atomic E-state index is 0.857. The third kappa shape index (κ3) is 1.94. The maximum atomic E-state index is 3.94. The first kappa shape index (κ1) is 12.9. The summed E-state index contributed by atoms with van der Waals surface area (Å²) in [6, 6.07) is 25.7. The van der Waals surface area contributed by atoms with Crippen molar-refractivity contribution in [3.8, 4) is 0 Å². The summed E-state index contributed by atoms with van der Waals surface area (Å²) in [4.78, 5) is 0. The maximum Gasteiger partial charge on any atom is 0.0494 e. The standard InChI is InChI=1S/C21H17N/c1-2-16-9-3-4-10-17(16)15-22-20-13-7-5-11-18(20)19-12-6-8-14-21(19)22/h2-14H,1,15H2. The van der Waals surface area contributed by atoms with Gasteiger partial charge in [0, 0.05) is 28.4 Å². The van der Waals surface area contributed by atoms with Crippen molar-refractivity contribution in [1.82, 2.24) is 4.57 Å². The molecule has 0 aliphatic heterocycles. The smallest absolute Gasteiger partial charge is 0.0494 e. The molecule has 0 aliphatic carbocycles. The second-order valence-corrected chi connectivity index (χ2v) is 5.52. The van der Waals surface area contributed by atoms with E-state index < -0.39 is 0 Å². The second-order valence-electron chi connectivity index (χ2n) is 5.52. The number of hydrogen-bond acceptors (Lipinski definition) is 0. The van der Waals surface area contributed by atoms with Crippen molar-refractivity contribution >= 4 is 27.9 Å². The average Bonchev–Trinajstić information content (AvgIpc) is 2.90. The molecule has 22 heavy (non-hydrogen) atoms. The molecule has 0 radical (unpaired) electrons. The van der Waals surface area contributed by atoms with Crippen molar-refractivity contribution in [3.63, 3.8) is 0 Å². The van der Waals surface area contributed by atoms with Gasteiger partial charge >= 0.3 is 0 Å². The fraction of sp³-hybridized carbons (Fsp3) is 0.0476. The third-order valence-electron chi connectivity index (χ3n) is 4.28. The molecule has 1 heteroatoms. The molecule has 0 unspecified atom stereocenters. The van der Waals surface area contributed by atoms with Crippen molar-refractivity contribution in [3.05, 3.63) is 90.5 Å². The third-order valence-corrected chi connectivity index (χ3v) is 4.28. The summed E-state index contributed by atoms with van der Waals surface area (Å²) in [5, 5.41) is 2.63. The van der Waals surface area contributed by atoms with Gasteiger partial charge in [-0.3, -0.25) is 0 Å². The van der Waals surface area contributed by atoms with Gasteiger partial charge < -0.3 is 4.57 Å². The quantitative estimate of drug-likeness (QED) is 0.469. The van der Waals surface area contributed by atoms with E-state index in [1.807, 2.05) is 6.08 Å². The highest BCUT2D eigenvalue weighted by Gasteiger charge is 2.10. The summed E-state index contributed by atoms with van der Waals surface area (Å²) in [6.45, 7) is 4.79. The van der Waals surface area contributed by atoms with Gasteiger partial charge in [-0.15, -0.1) is 0 Å². The van der Waals surface area contributed by atoms with E-state index in [0.29, 0.717) is 0 Å². The number of rotatable bonds is 3. The first-order valence-electron chi connectivity index (χ1n) is 7.55. The minimum absolute atomic E-state index is 0.857. The molecular formula is C21H17N. The molecule has 0 spiro atoms. The predicted octanol–water partition coefficient (Wildman–Crippen LogP) is 5.49. The largest absolute Gasteiger partial charge is 0.336 e. The summed E-state index contributed by atoms with van der Waals surface area (Å²) < 4.78 is 2.40. The van der Waals surface area contributed by atoms with E-state index in [-0.39, 0.29) is 0 Å². The highest BCUT2D eigenvalue weighted by atomic mass is 15.0. The molecule has 4 aromatic rings. The molecule has 0 aliphatic rings. The van der Waals surface area contributed by atoms with Gasteiger partial charge in [-0.25, -0.2) is 0 Å². The summed E-state index contributed by atoms with van der Waals surface area (Å²) in [5.74, 6) is 0. The van der Waals surface area contributed by atoms with Crippen LogP contribution >= 0.6 is 0 Å². The molecule has 4 rings (SSSR count). The van der Waals surface area contributed by atoms with Crippen LogP contribution in [0.4, 0.5) is 0 Å². The van der Waals surface area contributed by atoms with Crippen LogP contribution in [0.1, 0.15) is 11.1 Å². The molecular weight excluding hydrogens is 266 g/mol. The van der Waals surface area contributed by atoms with Crippen LogP contribution in [0.25, 0.3) is 27.9 Å². The van der Waals surface area contributed by atoms with Gasteiger partial charge in [-0.2, -0.15) is 0 Å². The van der Waals surface area contributed by atoms with Crippen LogP contribution in [-0.2, 0) is 6.54 Å². The van der Waals surface area contributed by atoms with E-state index >= 15 is 0 Å². The van der Waals surface area contributed by atoms with Crippen molar-refractivity contribution in [1.29, 1.82) is 0 Å². The van der Waals surface area contributed by atoms with Gasteiger partial charge in [-0.1, -0.05) is 73.3 Å². The molecule has 0 bridgehead atoms. The molecule has 0 saturated carbocycles. The lowest BCUT2D eigenvalue weighted by molar-refractivity contribution is 0.867. The molecule has 1 nitrogen and oxygen atoms in total. The fourth-order valence-corrected chi connectivity index (χ4v) is 3.22. The van der Waals surface area contributed by atoms with Gasteiger partial charge in [0.1, 0.15) is 0 Å². The summed E-state index contributed by atoms with van der Waals surface area (Å²) in [7, 11) is 0. The number of para-hydroxylation sites is 2. The Bertz CT molecular complexity index is 922. The minimum Gasteiger partial charge on any atom is -0.336 e. The first-order valence-corrected chi connectivity index (χ1v) is 7.55. The Balaban J connectivity index is 1.99. The van der Waals surface area contributed by atoms with Crippen molar-refractivity contribution in [2.75, 3.05) is 0 Å². The first-order chi connectivity index (χ1) is 10.9. The van der Waals surface area contributed by atoms with E-state index in [2.05, 4.69) is 83.9 Å². The van der Waals surface area contributed by atoms with Crippen LogP contribution in [0.15, 0.2) is 79.4 Å². The van der Waals surface area contributed by atoms with Gasteiger partial charge in [0.05, 0.1) is 0 Å². The number of hydrogen-bond donors (Lipinski definition) is 0. The summed E-state index contributed by atoms with van der Waals surface area (Å²) in [6.07, 6.45) is 1.93. The van der Waals surface area contributed by atoms with Crippen LogP contribution in [0.2, 0.25) is 0 Å². The average molecular weight is 283 g/mol. The molecule has 1 aromatic heterocycles. The molecule has 0 fully saturated rings. The van der Waals surface area contributed by atoms with E-state index in [0.717, 1.165) is 6.54 Å². The van der Waals surface area contributed by atoms with Crippen LogP contribution < -0.4 is 0 Å². The zero-order valence-electron chi connectivity index (χ0n) is 12.4. The second kappa shape index (κ2) is 5.19. The zero-order chi connectivity index (χ0) is 14.9. The molecule has 3 aromatic carbocycles. The van der Waals surface area contributed by atoms with E-state index in [1.165, 1.54) is 32.9 Å². The Morgan fingerprint density at radius 1 is 0.727 bits per heavy atom. The van der Waals surface area contributed by atoms with E-state index in [4.69, 9.17) is 0 Å². The lowest BCUT2D eigenvalue weighted by Gasteiger charge is -2.10. The predicted molar refractivity (Wildman–Crippen MR) is 95.1 cm³/mol. The Kier molecular flexibility index (Phi) is 3.05. The number of nitrogens with zero attached hydrogens (tertiary/aromatic N) is 1. The SMILES string of the molecule is C=Cc1ccccc1Cn1c2ccccc2c2ccccc21. The van der Waals surface area contributed by atoms with Crippen molar-refractivity contribution in [2.45, 2.75) is 6.54 Å². The van der Waals surface area contributed by atoms with Gasteiger partial charge in [-0.05, 0) is 23.3 Å². The highest BCUT2D eigenvalue weighted by Crippen LogP contribution is 2.29. The zero-order valence-corrected chi connectivity index (χ0v) is 12.4. The van der Waals surface area contributed by atoms with Crippen molar-refractivity contribution < 1.29 is 0 Å². The highest BCUT2D eigenvalue weighted by molar-refractivity contribution is 6.08. The van der Waals surface area contributed by atoms with E-state index in [1.54, 1.807) is 0 Å². The summed E-state index contributed by atoms with van der Waals surface area (Å²) in [5.41, 5.74) is 5.05.